The first-order valence-corrected chi connectivity index (χ1v) is 9.69. The molecule has 1 unspecified atom stereocenters. The number of carbonyl (C=O) groups excluding carboxylic acids is 1. The highest BCUT2D eigenvalue weighted by Crippen LogP contribution is 2.36. The van der Waals surface area contributed by atoms with Gasteiger partial charge in [0, 0.05) is 36.2 Å². The summed E-state index contributed by atoms with van der Waals surface area (Å²) in [5.74, 6) is -0.644. The molecule has 156 valence electrons. The normalized spacial score (nSPS) is 15.6. The highest BCUT2D eigenvalue weighted by molar-refractivity contribution is 6.04. The molecule has 0 radical (unpaired) electrons. The molecular formula is C23H19FN4O3. The van der Waals surface area contributed by atoms with Crippen molar-refractivity contribution in [3.05, 3.63) is 93.4 Å². The molecule has 2 heterocycles. The number of halogens is 1. The van der Waals surface area contributed by atoms with Crippen LogP contribution in [-0.2, 0) is 4.79 Å². The van der Waals surface area contributed by atoms with Gasteiger partial charge in [0.2, 0.25) is 5.91 Å². The van der Waals surface area contributed by atoms with Gasteiger partial charge in [0.05, 0.1) is 16.7 Å². The molecule has 1 atom stereocenters. The number of carbonyl (C=O) groups is 1. The fourth-order valence-corrected chi connectivity index (χ4v) is 3.74. The quantitative estimate of drug-likeness (QED) is 0.450. The zero-order valence-corrected chi connectivity index (χ0v) is 16.9. The van der Waals surface area contributed by atoms with Crippen LogP contribution < -0.4 is 0 Å². The van der Waals surface area contributed by atoms with E-state index in [2.05, 4.69) is 10.1 Å². The molecule has 0 aliphatic carbocycles. The van der Waals surface area contributed by atoms with Gasteiger partial charge in [-0.15, -0.1) is 0 Å². The van der Waals surface area contributed by atoms with Crippen LogP contribution in [0.1, 0.15) is 36.2 Å². The summed E-state index contributed by atoms with van der Waals surface area (Å²) >= 11 is 0. The Hall–Kier alpha value is -3.94. The number of pyridine rings is 1. The van der Waals surface area contributed by atoms with Crippen LogP contribution in [-0.4, -0.2) is 26.5 Å². The van der Waals surface area contributed by atoms with Crippen molar-refractivity contribution < 1.29 is 14.1 Å². The number of nitro groups is 1. The molecule has 0 N–H and O–H groups in total. The average molecular weight is 418 g/mol. The van der Waals surface area contributed by atoms with Gasteiger partial charge >= 0.3 is 0 Å². The summed E-state index contributed by atoms with van der Waals surface area (Å²) in [6.07, 6.45) is 0.343. The first-order valence-electron chi connectivity index (χ1n) is 9.69. The van der Waals surface area contributed by atoms with E-state index in [-0.39, 0.29) is 23.1 Å². The number of amides is 1. The van der Waals surface area contributed by atoms with Gasteiger partial charge in [-0.3, -0.25) is 14.9 Å². The molecule has 1 aromatic heterocycles. The maximum atomic E-state index is 13.3. The van der Waals surface area contributed by atoms with Gasteiger partial charge in [-0.1, -0.05) is 42.5 Å². The second kappa shape index (κ2) is 8.06. The standard InChI is InChI=1S/C23H19FN4O3/c1-14-19(12-22(28(30)31)23(25-14)17-6-4-3-5-7-17)20-13-21(27(26-20)15(2)29)16-8-10-18(24)11-9-16/h3-12,21H,13H2,1-2H3. The molecule has 0 spiro atoms. The molecule has 1 aliphatic heterocycles. The molecule has 8 heteroatoms. The fraction of sp³-hybridized carbons (Fsp3) is 0.174. The van der Waals surface area contributed by atoms with Gasteiger partial charge in [-0.2, -0.15) is 5.10 Å². The molecule has 3 aromatic rings. The Morgan fingerprint density at radius 1 is 1.16 bits per heavy atom. The third-order valence-corrected chi connectivity index (χ3v) is 5.24. The van der Waals surface area contributed by atoms with E-state index in [4.69, 9.17) is 0 Å². The van der Waals surface area contributed by atoms with Crippen LogP contribution in [0.5, 0.6) is 0 Å². The van der Waals surface area contributed by atoms with E-state index in [9.17, 15) is 19.3 Å². The highest BCUT2D eigenvalue weighted by atomic mass is 19.1. The van der Waals surface area contributed by atoms with Gasteiger partial charge in [0.1, 0.15) is 11.5 Å². The van der Waals surface area contributed by atoms with Gasteiger partial charge in [-0.25, -0.2) is 14.4 Å². The molecule has 0 saturated carbocycles. The smallest absolute Gasteiger partial charge is 0.273 e. The fourth-order valence-electron chi connectivity index (χ4n) is 3.74. The summed E-state index contributed by atoms with van der Waals surface area (Å²) in [7, 11) is 0. The minimum Gasteiger partial charge on any atom is -0.273 e. The van der Waals surface area contributed by atoms with Crippen LogP contribution in [0, 0.1) is 22.9 Å². The Balaban J connectivity index is 1.77. The molecular weight excluding hydrogens is 399 g/mol. The Morgan fingerprint density at radius 2 is 1.84 bits per heavy atom. The number of aryl methyl sites for hydroxylation is 1. The van der Waals surface area contributed by atoms with Gasteiger partial charge in [-0.05, 0) is 24.6 Å². The van der Waals surface area contributed by atoms with Gasteiger partial charge < -0.3 is 0 Å². The van der Waals surface area contributed by atoms with Crippen molar-refractivity contribution in [3.8, 4) is 11.3 Å². The van der Waals surface area contributed by atoms with Crippen LogP contribution in [0.4, 0.5) is 10.1 Å². The number of nitrogens with zero attached hydrogens (tertiary/aromatic N) is 4. The topological polar surface area (TPSA) is 88.7 Å². The lowest BCUT2D eigenvalue weighted by Gasteiger charge is -2.20. The van der Waals surface area contributed by atoms with E-state index in [1.807, 2.05) is 6.07 Å². The summed E-state index contributed by atoms with van der Waals surface area (Å²) in [6, 6.07) is 15.9. The van der Waals surface area contributed by atoms with Crippen LogP contribution in [0.25, 0.3) is 11.3 Å². The SMILES string of the molecule is CC(=O)N1N=C(c2cc([N+](=O)[O-])c(-c3ccccc3)nc2C)CC1c1ccc(F)cc1. The maximum absolute atomic E-state index is 13.3. The van der Waals surface area contributed by atoms with E-state index in [0.29, 0.717) is 29.0 Å². The summed E-state index contributed by atoms with van der Waals surface area (Å²) < 4.78 is 13.3. The molecule has 0 bridgehead atoms. The predicted molar refractivity (Wildman–Crippen MR) is 114 cm³/mol. The Kier molecular flexibility index (Phi) is 5.29. The third-order valence-electron chi connectivity index (χ3n) is 5.24. The first-order chi connectivity index (χ1) is 14.8. The summed E-state index contributed by atoms with van der Waals surface area (Å²) in [5.41, 5.74) is 3.15. The number of rotatable bonds is 4. The number of hydrogen-bond donors (Lipinski definition) is 0. The lowest BCUT2D eigenvalue weighted by Crippen LogP contribution is -2.24. The van der Waals surface area contributed by atoms with Crippen molar-refractivity contribution in [2.45, 2.75) is 26.3 Å². The monoisotopic (exact) mass is 418 g/mol. The molecule has 31 heavy (non-hydrogen) atoms. The van der Waals surface area contributed by atoms with Crippen LogP contribution in [0.3, 0.4) is 0 Å². The van der Waals surface area contributed by atoms with E-state index < -0.39 is 11.0 Å². The Labute approximate surface area is 178 Å². The molecule has 0 fully saturated rings. The van der Waals surface area contributed by atoms with E-state index in [0.717, 1.165) is 5.56 Å². The van der Waals surface area contributed by atoms with Crippen molar-refractivity contribution in [3.63, 3.8) is 0 Å². The zero-order valence-electron chi connectivity index (χ0n) is 16.9. The Bertz CT molecular complexity index is 1190. The van der Waals surface area contributed by atoms with Crippen molar-refractivity contribution in [1.29, 1.82) is 0 Å². The molecule has 1 aliphatic rings. The number of hydrazone groups is 1. The van der Waals surface area contributed by atoms with Crippen molar-refractivity contribution in [2.75, 3.05) is 0 Å². The molecule has 7 nitrogen and oxygen atoms in total. The van der Waals surface area contributed by atoms with Crippen molar-refractivity contribution >= 4 is 17.3 Å². The molecule has 2 aromatic carbocycles. The van der Waals surface area contributed by atoms with Crippen LogP contribution in [0.2, 0.25) is 0 Å². The van der Waals surface area contributed by atoms with Crippen molar-refractivity contribution in [2.24, 2.45) is 5.10 Å². The predicted octanol–water partition coefficient (Wildman–Crippen LogP) is 4.80. The average Bonchev–Trinajstić information content (AvgIpc) is 3.20. The summed E-state index contributed by atoms with van der Waals surface area (Å²) in [4.78, 5) is 28.0. The zero-order chi connectivity index (χ0) is 22.1. The lowest BCUT2D eigenvalue weighted by atomic mass is 9.96. The van der Waals surface area contributed by atoms with E-state index >= 15 is 0 Å². The van der Waals surface area contributed by atoms with E-state index in [1.54, 1.807) is 43.3 Å². The van der Waals surface area contributed by atoms with Gasteiger partial charge in [0.15, 0.2) is 0 Å². The number of benzene rings is 2. The maximum Gasteiger partial charge on any atom is 0.296 e. The second-order valence-electron chi connectivity index (χ2n) is 7.29. The second-order valence-corrected chi connectivity index (χ2v) is 7.29. The summed E-state index contributed by atoms with van der Waals surface area (Å²) in [6.45, 7) is 3.16. The molecule has 0 saturated heterocycles. The Morgan fingerprint density at radius 3 is 2.45 bits per heavy atom. The summed E-state index contributed by atoms with van der Waals surface area (Å²) in [5, 5.41) is 17.6. The third kappa shape index (κ3) is 3.92. The minimum atomic E-state index is -0.464. The molecule has 4 rings (SSSR count). The van der Waals surface area contributed by atoms with Crippen LogP contribution in [0.15, 0.2) is 65.8 Å². The minimum absolute atomic E-state index is 0.130. The van der Waals surface area contributed by atoms with Crippen molar-refractivity contribution in [1.82, 2.24) is 9.99 Å². The molecule has 1 amide bonds. The van der Waals surface area contributed by atoms with Gasteiger partial charge in [0.25, 0.3) is 5.69 Å². The lowest BCUT2D eigenvalue weighted by molar-refractivity contribution is -0.384. The largest absolute Gasteiger partial charge is 0.296 e. The highest BCUT2D eigenvalue weighted by Gasteiger charge is 2.33. The van der Waals surface area contributed by atoms with E-state index in [1.165, 1.54) is 30.1 Å². The first kappa shape index (κ1) is 20.3. The van der Waals surface area contributed by atoms with Crippen LogP contribution >= 0.6 is 0 Å². The number of aromatic nitrogens is 1. The number of hydrogen-bond acceptors (Lipinski definition) is 5.